The molecule has 0 saturated heterocycles. The van der Waals surface area contributed by atoms with E-state index in [4.69, 9.17) is 0 Å². The Hall–Kier alpha value is -3.22. The summed E-state index contributed by atoms with van der Waals surface area (Å²) in [6.07, 6.45) is 1.27. The minimum Gasteiger partial charge on any atom is -0.337 e. The lowest BCUT2D eigenvalue weighted by Gasteiger charge is -2.17. The van der Waals surface area contributed by atoms with Crippen molar-refractivity contribution in [1.29, 1.82) is 0 Å². The third-order valence-electron chi connectivity index (χ3n) is 3.48. The van der Waals surface area contributed by atoms with Crippen molar-refractivity contribution >= 4 is 5.91 Å². The highest BCUT2D eigenvalue weighted by Crippen LogP contribution is 2.15. The molecule has 3 rings (SSSR count). The average molecular weight is 322 g/mol. The predicted octanol–water partition coefficient (Wildman–Crippen LogP) is 2.34. The third-order valence-corrected chi connectivity index (χ3v) is 3.48. The Morgan fingerprint density at radius 2 is 1.62 bits per heavy atom. The van der Waals surface area contributed by atoms with Crippen LogP contribution in [0.25, 0.3) is 11.4 Å². The van der Waals surface area contributed by atoms with Gasteiger partial charge in [-0.2, -0.15) is 0 Å². The number of hydrogen-bond acceptors (Lipinski definition) is 5. The maximum Gasteiger partial charge on any atom is 0.253 e. The van der Waals surface area contributed by atoms with Gasteiger partial charge in [-0.25, -0.2) is 4.39 Å². The summed E-state index contributed by atoms with van der Waals surface area (Å²) >= 11 is 0. The van der Waals surface area contributed by atoms with Crippen molar-refractivity contribution in [2.75, 3.05) is 7.05 Å². The van der Waals surface area contributed by atoms with Crippen LogP contribution in [0.3, 0.4) is 0 Å². The molecule has 6 nitrogen and oxygen atoms in total. The molecular formula is C17H14FN5O. The zero-order chi connectivity index (χ0) is 16.9. The number of rotatable bonds is 4. The number of nitrogens with zero attached hydrogens (tertiary/aromatic N) is 5. The van der Waals surface area contributed by atoms with Gasteiger partial charge in [-0.15, -0.1) is 20.4 Å². The van der Waals surface area contributed by atoms with Crippen LogP contribution < -0.4 is 0 Å². The van der Waals surface area contributed by atoms with E-state index in [1.54, 1.807) is 11.9 Å². The molecule has 7 heteroatoms. The van der Waals surface area contributed by atoms with E-state index in [0.717, 1.165) is 11.1 Å². The maximum absolute atomic E-state index is 12.9. The largest absolute Gasteiger partial charge is 0.337 e. The molecule has 0 bridgehead atoms. The SMILES string of the molecule is CN(Cc1ccc(-c2nncnn2)cc1)C(=O)c1ccc([18F])cc1. The van der Waals surface area contributed by atoms with Gasteiger partial charge in [0.15, 0.2) is 6.33 Å². The summed E-state index contributed by atoms with van der Waals surface area (Å²) in [5.41, 5.74) is 2.20. The Kier molecular flexibility index (Phi) is 4.51. The van der Waals surface area contributed by atoms with E-state index in [0.29, 0.717) is 17.9 Å². The first-order valence-corrected chi connectivity index (χ1v) is 7.24. The van der Waals surface area contributed by atoms with E-state index < -0.39 is 0 Å². The Morgan fingerprint density at radius 3 is 2.25 bits per heavy atom. The molecule has 0 saturated carbocycles. The molecular weight excluding hydrogens is 308 g/mol. The highest BCUT2D eigenvalue weighted by Gasteiger charge is 2.12. The van der Waals surface area contributed by atoms with E-state index in [9.17, 15) is 9.18 Å². The monoisotopic (exact) mass is 322 g/mol. The van der Waals surface area contributed by atoms with Crippen molar-refractivity contribution in [1.82, 2.24) is 25.3 Å². The summed E-state index contributed by atoms with van der Waals surface area (Å²) in [5, 5.41) is 15.2. The van der Waals surface area contributed by atoms with Gasteiger partial charge in [-0.1, -0.05) is 24.3 Å². The molecule has 0 aliphatic carbocycles. The first-order valence-electron chi connectivity index (χ1n) is 7.24. The van der Waals surface area contributed by atoms with Gasteiger partial charge < -0.3 is 4.90 Å². The summed E-state index contributed by atoms with van der Waals surface area (Å²) < 4.78 is 12.9. The summed E-state index contributed by atoms with van der Waals surface area (Å²) in [6.45, 7) is 0.433. The second-order valence-electron chi connectivity index (χ2n) is 5.24. The number of carbonyl (C=O) groups is 1. The van der Waals surface area contributed by atoms with Crippen LogP contribution in [0, 0.1) is 5.82 Å². The number of hydrogen-bond donors (Lipinski definition) is 0. The van der Waals surface area contributed by atoms with Crippen LogP contribution in [0.5, 0.6) is 0 Å². The first kappa shape index (κ1) is 15.7. The van der Waals surface area contributed by atoms with Crippen LogP contribution in [-0.2, 0) is 6.54 Å². The fourth-order valence-electron chi connectivity index (χ4n) is 2.24. The number of aromatic nitrogens is 4. The average Bonchev–Trinajstić information content (AvgIpc) is 2.63. The minimum absolute atomic E-state index is 0.168. The Bertz CT molecular complexity index is 822. The van der Waals surface area contributed by atoms with Gasteiger partial charge in [0.25, 0.3) is 5.91 Å². The third kappa shape index (κ3) is 3.57. The quantitative estimate of drug-likeness (QED) is 0.737. The van der Waals surface area contributed by atoms with E-state index >= 15 is 0 Å². The van der Waals surface area contributed by atoms with Gasteiger partial charge in [-0.3, -0.25) is 4.79 Å². The topological polar surface area (TPSA) is 71.9 Å². The molecule has 0 aliphatic heterocycles. The van der Waals surface area contributed by atoms with Gasteiger partial charge in [0.1, 0.15) is 5.82 Å². The zero-order valence-corrected chi connectivity index (χ0v) is 12.9. The molecule has 0 fully saturated rings. The number of amides is 1. The normalized spacial score (nSPS) is 10.4. The lowest BCUT2D eigenvalue weighted by molar-refractivity contribution is 0.0785. The lowest BCUT2D eigenvalue weighted by atomic mass is 10.1. The van der Waals surface area contributed by atoms with Crippen LogP contribution in [0.4, 0.5) is 4.39 Å². The van der Waals surface area contributed by atoms with E-state index in [1.807, 2.05) is 24.3 Å². The van der Waals surface area contributed by atoms with Crippen LogP contribution >= 0.6 is 0 Å². The molecule has 1 heterocycles. The van der Waals surface area contributed by atoms with Crippen molar-refractivity contribution in [3.63, 3.8) is 0 Å². The van der Waals surface area contributed by atoms with Gasteiger partial charge >= 0.3 is 0 Å². The molecule has 0 radical (unpaired) electrons. The Morgan fingerprint density at radius 1 is 1.00 bits per heavy atom. The molecule has 0 aliphatic rings. The van der Waals surface area contributed by atoms with E-state index in [2.05, 4.69) is 20.4 Å². The number of benzene rings is 2. The van der Waals surface area contributed by atoms with Gasteiger partial charge in [0.2, 0.25) is 5.82 Å². The second kappa shape index (κ2) is 6.91. The van der Waals surface area contributed by atoms with Crippen molar-refractivity contribution < 1.29 is 9.18 Å². The lowest BCUT2D eigenvalue weighted by Crippen LogP contribution is -2.26. The van der Waals surface area contributed by atoms with Crippen LogP contribution in [0.1, 0.15) is 15.9 Å². The van der Waals surface area contributed by atoms with E-state index in [-0.39, 0.29) is 11.7 Å². The molecule has 1 aromatic heterocycles. The predicted molar refractivity (Wildman–Crippen MR) is 85.3 cm³/mol. The summed E-state index contributed by atoms with van der Waals surface area (Å²) in [4.78, 5) is 13.9. The van der Waals surface area contributed by atoms with Gasteiger partial charge in [0.05, 0.1) is 0 Å². The van der Waals surface area contributed by atoms with E-state index in [1.165, 1.54) is 30.6 Å². The molecule has 120 valence electrons. The first-order chi connectivity index (χ1) is 11.6. The summed E-state index contributed by atoms with van der Waals surface area (Å²) in [6, 6.07) is 13.0. The standard InChI is InChI=1S/C17H14FN5O/c1-23(17(24)14-6-8-15(18)9-7-14)10-12-2-4-13(5-3-12)16-21-19-11-20-22-16/h2-9,11H,10H2,1H3/i18-1. The Balaban J connectivity index is 1.69. The molecule has 0 atom stereocenters. The van der Waals surface area contributed by atoms with Crippen LogP contribution in [0.2, 0.25) is 0 Å². The molecule has 2 aromatic carbocycles. The molecule has 0 unspecified atom stereocenters. The summed E-state index contributed by atoms with van der Waals surface area (Å²) in [7, 11) is 1.70. The fourth-order valence-corrected chi connectivity index (χ4v) is 2.24. The van der Waals surface area contributed by atoms with Crippen molar-refractivity contribution in [2.45, 2.75) is 6.54 Å². The van der Waals surface area contributed by atoms with Crippen molar-refractivity contribution in [3.8, 4) is 11.4 Å². The minimum atomic E-state index is -0.364. The molecule has 1 amide bonds. The smallest absolute Gasteiger partial charge is 0.253 e. The maximum atomic E-state index is 12.9. The van der Waals surface area contributed by atoms with Crippen LogP contribution in [-0.4, -0.2) is 38.2 Å². The highest BCUT2D eigenvalue weighted by molar-refractivity contribution is 5.93. The van der Waals surface area contributed by atoms with Gasteiger partial charge in [-0.05, 0) is 29.8 Å². The number of halogens is 1. The molecule has 0 spiro atoms. The second-order valence-corrected chi connectivity index (χ2v) is 5.24. The highest BCUT2D eigenvalue weighted by atomic mass is 18.2. The van der Waals surface area contributed by atoms with Crippen molar-refractivity contribution in [2.24, 2.45) is 0 Å². The van der Waals surface area contributed by atoms with Crippen LogP contribution in [0.15, 0.2) is 54.9 Å². The zero-order valence-electron chi connectivity index (χ0n) is 12.9. The molecule has 24 heavy (non-hydrogen) atoms. The number of carbonyl (C=O) groups excluding carboxylic acids is 1. The Labute approximate surface area is 138 Å². The fraction of sp³-hybridized carbons (Fsp3) is 0.118. The van der Waals surface area contributed by atoms with Crippen molar-refractivity contribution in [3.05, 3.63) is 71.8 Å². The van der Waals surface area contributed by atoms with Gasteiger partial charge in [0, 0.05) is 24.7 Å². The molecule has 0 N–H and O–H groups in total. The summed E-state index contributed by atoms with van der Waals surface area (Å²) in [5.74, 6) is -0.0874. The molecule has 3 aromatic rings.